The van der Waals surface area contributed by atoms with E-state index in [9.17, 15) is 4.79 Å². The number of hydrogen-bond acceptors (Lipinski definition) is 5. The highest BCUT2D eigenvalue weighted by atomic mass is 32.2. The van der Waals surface area contributed by atoms with Gasteiger partial charge in [0.05, 0.1) is 4.91 Å². The monoisotopic (exact) mass is 297 g/mol. The number of carbonyl (C=O) groups excluding carboxylic acids is 1. The van der Waals surface area contributed by atoms with Crippen molar-refractivity contribution in [2.45, 2.75) is 13.3 Å². The van der Waals surface area contributed by atoms with Crippen LogP contribution in [0.25, 0.3) is 6.08 Å². The first-order valence-electron chi connectivity index (χ1n) is 5.92. The van der Waals surface area contributed by atoms with Crippen LogP contribution in [0.15, 0.2) is 21.5 Å². The molecule has 1 fully saturated rings. The summed E-state index contributed by atoms with van der Waals surface area (Å²) in [6, 6.07) is 3.71. The predicted molar refractivity (Wildman–Crippen MR) is 79.8 cm³/mol. The van der Waals surface area contributed by atoms with Crippen molar-refractivity contribution in [3.63, 3.8) is 0 Å². The third-order valence-electron chi connectivity index (χ3n) is 2.64. The summed E-state index contributed by atoms with van der Waals surface area (Å²) >= 11 is 6.53. The van der Waals surface area contributed by atoms with E-state index in [1.165, 1.54) is 11.8 Å². The number of methoxy groups -OCH3 is 1. The molecule has 2 rings (SSSR count). The molecule has 1 saturated heterocycles. The van der Waals surface area contributed by atoms with E-state index in [1.54, 1.807) is 18.1 Å². The molecule has 1 aliphatic heterocycles. The first kappa shape index (κ1) is 14.3. The maximum absolute atomic E-state index is 12.2. The van der Waals surface area contributed by atoms with E-state index < -0.39 is 0 Å². The van der Waals surface area contributed by atoms with Crippen LogP contribution in [0.2, 0.25) is 0 Å². The van der Waals surface area contributed by atoms with Crippen molar-refractivity contribution in [3.8, 4) is 0 Å². The molecule has 1 aromatic rings. The largest absolute Gasteiger partial charge is 0.462 e. The zero-order chi connectivity index (χ0) is 13.8. The Kier molecular flexibility index (Phi) is 4.79. The number of rotatable bonds is 5. The van der Waals surface area contributed by atoms with Gasteiger partial charge in [0.1, 0.15) is 15.8 Å². The maximum Gasteiger partial charge on any atom is 0.266 e. The topological polar surface area (TPSA) is 42.7 Å². The standard InChI is InChI=1S/C13H15NO3S2/c1-9-4-5-10(17-9)8-11-12(15)14(13(18)19-11)6-3-7-16-2/h4-5,8H,3,6-7H2,1-2H3. The molecule has 0 aliphatic carbocycles. The zero-order valence-corrected chi connectivity index (χ0v) is 12.5. The quantitative estimate of drug-likeness (QED) is 0.475. The minimum atomic E-state index is -0.0554. The Morgan fingerprint density at radius 2 is 2.32 bits per heavy atom. The van der Waals surface area contributed by atoms with Gasteiger partial charge >= 0.3 is 0 Å². The molecule has 1 aliphatic rings. The van der Waals surface area contributed by atoms with Gasteiger partial charge in [-0.3, -0.25) is 9.69 Å². The van der Waals surface area contributed by atoms with Crippen LogP contribution in [0.3, 0.4) is 0 Å². The summed E-state index contributed by atoms with van der Waals surface area (Å²) in [5.74, 6) is 1.44. The second-order valence-corrected chi connectivity index (χ2v) is 5.80. The van der Waals surface area contributed by atoms with Crippen LogP contribution in [-0.2, 0) is 9.53 Å². The molecule has 0 bridgehead atoms. The molecule has 0 unspecified atom stereocenters. The fourth-order valence-electron chi connectivity index (χ4n) is 1.72. The van der Waals surface area contributed by atoms with E-state index in [0.717, 1.165) is 12.2 Å². The van der Waals surface area contributed by atoms with Crippen LogP contribution in [0.1, 0.15) is 17.9 Å². The molecule has 19 heavy (non-hydrogen) atoms. The van der Waals surface area contributed by atoms with Crippen molar-refractivity contribution in [2.24, 2.45) is 0 Å². The van der Waals surface area contributed by atoms with Crippen LogP contribution >= 0.6 is 24.0 Å². The zero-order valence-electron chi connectivity index (χ0n) is 10.8. The summed E-state index contributed by atoms with van der Waals surface area (Å²) in [5.41, 5.74) is 0. The number of ether oxygens (including phenoxy) is 1. The Labute approximate surface area is 121 Å². The van der Waals surface area contributed by atoms with Crippen LogP contribution < -0.4 is 0 Å². The number of carbonyl (C=O) groups is 1. The van der Waals surface area contributed by atoms with Crippen molar-refractivity contribution in [1.29, 1.82) is 0 Å². The molecule has 0 saturated carbocycles. The van der Waals surface area contributed by atoms with E-state index in [-0.39, 0.29) is 5.91 Å². The number of thioether (sulfide) groups is 1. The van der Waals surface area contributed by atoms with Gasteiger partial charge in [0.15, 0.2) is 0 Å². The number of aryl methyl sites for hydroxylation is 1. The van der Waals surface area contributed by atoms with Crippen LogP contribution in [0.5, 0.6) is 0 Å². The Hall–Kier alpha value is -1.11. The van der Waals surface area contributed by atoms with Crippen LogP contribution in [0.4, 0.5) is 0 Å². The molecule has 0 aromatic carbocycles. The highest BCUT2D eigenvalue weighted by Gasteiger charge is 2.31. The summed E-state index contributed by atoms with van der Waals surface area (Å²) in [7, 11) is 1.64. The average molecular weight is 297 g/mol. The van der Waals surface area contributed by atoms with Gasteiger partial charge in [-0.1, -0.05) is 24.0 Å². The lowest BCUT2D eigenvalue weighted by atomic mass is 10.3. The molecule has 6 heteroatoms. The van der Waals surface area contributed by atoms with Crippen molar-refractivity contribution >= 4 is 40.3 Å². The molecule has 102 valence electrons. The fraction of sp³-hybridized carbons (Fsp3) is 0.385. The first-order valence-corrected chi connectivity index (χ1v) is 7.15. The summed E-state index contributed by atoms with van der Waals surface area (Å²) in [4.78, 5) is 14.4. The van der Waals surface area contributed by atoms with Crippen molar-refractivity contribution in [3.05, 3.63) is 28.6 Å². The molecule has 0 spiro atoms. The number of nitrogens with zero attached hydrogens (tertiary/aromatic N) is 1. The molecular weight excluding hydrogens is 282 g/mol. The highest BCUT2D eigenvalue weighted by molar-refractivity contribution is 8.26. The number of furan rings is 1. The van der Waals surface area contributed by atoms with Crippen LogP contribution in [-0.4, -0.2) is 35.4 Å². The maximum atomic E-state index is 12.2. The number of amides is 1. The smallest absolute Gasteiger partial charge is 0.266 e. The van der Waals surface area contributed by atoms with Gasteiger partial charge in [-0.25, -0.2) is 0 Å². The number of thiocarbonyl (C=S) groups is 1. The van der Waals surface area contributed by atoms with E-state index in [0.29, 0.717) is 28.1 Å². The van der Waals surface area contributed by atoms with Gasteiger partial charge < -0.3 is 9.15 Å². The van der Waals surface area contributed by atoms with E-state index in [2.05, 4.69) is 0 Å². The minimum Gasteiger partial charge on any atom is -0.462 e. The third kappa shape index (κ3) is 3.46. The lowest BCUT2D eigenvalue weighted by Crippen LogP contribution is -2.29. The van der Waals surface area contributed by atoms with Gasteiger partial charge in [-0.15, -0.1) is 0 Å². The molecule has 1 amide bonds. The van der Waals surface area contributed by atoms with Crippen LogP contribution in [0, 0.1) is 6.92 Å². The Morgan fingerprint density at radius 3 is 2.95 bits per heavy atom. The fourth-order valence-corrected chi connectivity index (χ4v) is 3.01. The Bertz CT molecular complexity index is 522. The Balaban J connectivity index is 2.07. The summed E-state index contributed by atoms with van der Waals surface area (Å²) < 4.78 is 11.0. The van der Waals surface area contributed by atoms with Gasteiger partial charge in [0, 0.05) is 26.3 Å². The Morgan fingerprint density at radius 1 is 1.53 bits per heavy atom. The molecule has 0 radical (unpaired) electrons. The first-order chi connectivity index (χ1) is 9.11. The third-order valence-corrected chi connectivity index (χ3v) is 4.02. The normalized spacial score (nSPS) is 17.8. The number of hydrogen-bond donors (Lipinski definition) is 0. The van der Waals surface area contributed by atoms with Crippen molar-refractivity contribution < 1.29 is 13.9 Å². The van der Waals surface area contributed by atoms with Gasteiger partial charge in [-0.05, 0) is 25.5 Å². The van der Waals surface area contributed by atoms with Gasteiger partial charge in [0.25, 0.3) is 5.91 Å². The highest BCUT2D eigenvalue weighted by Crippen LogP contribution is 2.32. The summed E-state index contributed by atoms with van der Waals surface area (Å²) in [6.07, 6.45) is 2.51. The molecule has 4 nitrogen and oxygen atoms in total. The van der Waals surface area contributed by atoms with Crippen molar-refractivity contribution in [2.75, 3.05) is 20.3 Å². The minimum absolute atomic E-state index is 0.0554. The van der Waals surface area contributed by atoms with Crippen molar-refractivity contribution in [1.82, 2.24) is 4.90 Å². The molecule has 0 N–H and O–H groups in total. The SMILES string of the molecule is COCCCN1C(=O)C(=Cc2ccc(C)o2)SC1=S. The summed E-state index contributed by atoms with van der Waals surface area (Å²) in [6.45, 7) is 3.08. The second-order valence-electron chi connectivity index (χ2n) is 4.13. The lowest BCUT2D eigenvalue weighted by molar-refractivity contribution is -0.122. The molecule has 2 heterocycles. The second kappa shape index (κ2) is 6.36. The van der Waals surface area contributed by atoms with E-state index in [1.807, 2.05) is 19.1 Å². The molecule has 0 atom stereocenters. The van der Waals surface area contributed by atoms with Gasteiger partial charge in [-0.2, -0.15) is 0 Å². The average Bonchev–Trinajstić information content (AvgIpc) is 2.88. The van der Waals surface area contributed by atoms with E-state index in [4.69, 9.17) is 21.4 Å². The lowest BCUT2D eigenvalue weighted by Gasteiger charge is -2.13. The molecular formula is C13H15NO3S2. The van der Waals surface area contributed by atoms with E-state index >= 15 is 0 Å². The molecule has 1 aromatic heterocycles. The predicted octanol–water partition coefficient (Wildman–Crippen LogP) is 2.83. The summed E-state index contributed by atoms with van der Waals surface area (Å²) in [5, 5.41) is 0. The van der Waals surface area contributed by atoms with Gasteiger partial charge in [0.2, 0.25) is 0 Å².